The number of hydrogen-bond donors (Lipinski definition) is 0. The molecule has 2 aliphatic rings. The van der Waals surface area contributed by atoms with Gasteiger partial charge >= 0.3 is 0 Å². The number of rotatable bonds is 4. The van der Waals surface area contributed by atoms with Crippen LogP contribution in [0.25, 0.3) is 22.8 Å². The highest BCUT2D eigenvalue weighted by Gasteiger charge is 2.37. The van der Waals surface area contributed by atoms with Crippen molar-refractivity contribution in [1.29, 1.82) is 0 Å². The third-order valence-electron chi connectivity index (χ3n) is 6.41. The summed E-state index contributed by atoms with van der Waals surface area (Å²) >= 11 is 0. The predicted octanol–water partition coefficient (Wildman–Crippen LogP) is 3.59. The van der Waals surface area contributed by atoms with Gasteiger partial charge in [0.25, 0.3) is 0 Å². The molecule has 2 saturated heterocycles. The zero-order valence-corrected chi connectivity index (χ0v) is 17.8. The highest BCUT2D eigenvalue weighted by Crippen LogP contribution is 2.35. The molecule has 166 valence electrons. The first-order valence-corrected chi connectivity index (χ1v) is 11.0. The van der Waals surface area contributed by atoms with Crippen LogP contribution in [0, 0.1) is 5.82 Å². The second kappa shape index (κ2) is 7.97. The maximum absolute atomic E-state index is 15.3. The van der Waals surface area contributed by atoms with Gasteiger partial charge in [-0.05, 0) is 49.2 Å². The minimum atomic E-state index is -0.392. The number of halogens is 1. The van der Waals surface area contributed by atoms with Gasteiger partial charge in [-0.3, -0.25) is 4.79 Å². The van der Waals surface area contributed by atoms with Crippen LogP contribution in [0.3, 0.4) is 0 Å². The molecule has 2 unspecified atom stereocenters. The van der Waals surface area contributed by atoms with Crippen LogP contribution in [0.5, 0.6) is 0 Å². The molecular weight excluding hydrogens is 421 g/mol. The van der Waals surface area contributed by atoms with E-state index < -0.39 is 5.82 Å². The smallest absolute Gasteiger partial charge is 0.209 e. The highest BCUT2D eigenvalue weighted by molar-refractivity contribution is 5.58. The minimum Gasteiger partial charge on any atom is -0.377 e. The van der Waals surface area contributed by atoms with Gasteiger partial charge in [0.15, 0.2) is 11.5 Å². The van der Waals surface area contributed by atoms with Gasteiger partial charge in [-0.15, -0.1) is 0 Å². The Balaban J connectivity index is 1.38. The summed E-state index contributed by atoms with van der Waals surface area (Å²) in [5.41, 5.74) is 2.44. The Labute approximate surface area is 189 Å². The summed E-state index contributed by atoms with van der Waals surface area (Å²) in [6.45, 7) is 1.36. The van der Waals surface area contributed by atoms with Crippen LogP contribution in [0.1, 0.15) is 12.8 Å². The molecule has 2 aromatic carbocycles. The first-order chi connectivity index (χ1) is 16.2. The van der Waals surface area contributed by atoms with Crippen molar-refractivity contribution in [2.24, 2.45) is 0 Å². The van der Waals surface area contributed by atoms with Crippen LogP contribution >= 0.6 is 0 Å². The number of aromatic nitrogens is 4. The fourth-order valence-corrected chi connectivity index (χ4v) is 4.87. The van der Waals surface area contributed by atoms with Gasteiger partial charge in [-0.2, -0.15) is 10.2 Å². The number of nitrogens with zero attached hydrogens (tertiary/aromatic N) is 5. The molecule has 0 saturated carbocycles. The molecule has 2 bridgehead atoms. The van der Waals surface area contributed by atoms with Gasteiger partial charge < -0.3 is 9.64 Å². The first-order valence-electron chi connectivity index (χ1n) is 11.0. The van der Waals surface area contributed by atoms with Gasteiger partial charge in [0.2, 0.25) is 5.43 Å². The van der Waals surface area contributed by atoms with Gasteiger partial charge in [0.05, 0.1) is 42.9 Å². The number of morpholine rings is 1. The van der Waals surface area contributed by atoms with Crippen LogP contribution in [-0.4, -0.2) is 44.9 Å². The maximum Gasteiger partial charge on any atom is 0.209 e. The lowest BCUT2D eigenvalue weighted by molar-refractivity contribution is 0.0906. The van der Waals surface area contributed by atoms with E-state index in [-0.39, 0.29) is 16.8 Å². The molecule has 2 aliphatic heterocycles. The van der Waals surface area contributed by atoms with E-state index in [0.717, 1.165) is 24.2 Å². The van der Waals surface area contributed by atoms with Gasteiger partial charge in [-0.25, -0.2) is 13.8 Å². The number of ether oxygens (including phenoxy) is 1. The van der Waals surface area contributed by atoms with E-state index in [1.807, 2.05) is 36.4 Å². The normalized spacial score (nSPS) is 19.7. The Bertz CT molecular complexity index is 1350. The Hall–Kier alpha value is -3.78. The molecule has 33 heavy (non-hydrogen) atoms. The molecule has 0 spiro atoms. The summed E-state index contributed by atoms with van der Waals surface area (Å²) in [5.74, 6) is -0.392. The van der Waals surface area contributed by atoms with Crippen LogP contribution < -0.4 is 10.3 Å². The highest BCUT2D eigenvalue weighted by atomic mass is 19.1. The fourth-order valence-electron chi connectivity index (χ4n) is 4.87. The van der Waals surface area contributed by atoms with Gasteiger partial charge in [-0.1, -0.05) is 18.2 Å². The Kier molecular flexibility index (Phi) is 4.80. The molecule has 4 aromatic rings. The van der Waals surface area contributed by atoms with E-state index in [2.05, 4.69) is 15.1 Å². The lowest BCUT2D eigenvalue weighted by Gasteiger charge is -2.36. The van der Waals surface area contributed by atoms with Gasteiger partial charge in [0, 0.05) is 18.0 Å². The average molecular weight is 443 g/mol. The summed E-state index contributed by atoms with van der Waals surface area (Å²) in [7, 11) is 0. The largest absolute Gasteiger partial charge is 0.377 e. The molecule has 8 heteroatoms. The van der Waals surface area contributed by atoms with E-state index in [9.17, 15) is 4.79 Å². The third kappa shape index (κ3) is 3.43. The van der Waals surface area contributed by atoms with Crippen LogP contribution in [-0.2, 0) is 4.74 Å². The zero-order valence-electron chi connectivity index (χ0n) is 17.8. The Morgan fingerprint density at radius 2 is 1.73 bits per heavy atom. The topological polar surface area (TPSA) is 65.2 Å². The molecule has 2 atom stereocenters. The van der Waals surface area contributed by atoms with Crippen molar-refractivity contribution in [2.45, 2.75) is 24.9 Å². The molecule has 0 N–H and O–H groups in total. The van der Waals surface area contributed by atoms with Crippen molar-refractivity contribution in [3.05, 3.63) is 89.1 Å². The molecule has 0 radical (unpaired) electrons. The van der Waals surface area contributed by atoms with E-state index in [0.29, 0.717) is 31.0 Å². The molecule has 2 aromatic heterocycles. The molecule has 4 heterocycles. The number of hydrogen-bond acceptors (Lipinski definition) is 5. The van der Waals surface area contributed by atoms with Crippen molar-refractivity contribution < 1.29 is 9.13 Å². The molecule has 0 amide bonds. The summed E-state index contributed by atoms with van der Waals surface area (Å²) < 4.78 is 24.0. The van der Waals surface area contributed by atoms with Crippen LogP contribution in [0.4, 0.5) is 10.1 Å². The zero-order chi connectivity index (χ0) is 22.4. The SMILES string of the molecule is O=c1ccn(-c2ccc(N3C4CCC3COC4)cc2F)nc1-c1ccnn1-c1ccccc1. The molecule has 7 nitrogen and oxygen atoms in total. The lowest BCUT2D eigenvalue weighted by atomic mass is 10.2. The minimum absolute atomic E-state index is 0.202. The van der Waals surface area contributed by atoms with Crippen LogP contribution in [0.2, 0.25) is 0 Å². The van der Waals surface area contributed by atoms with Crippen molar-refractivity contribution in [1.82, 2.24) is 19.6 Å². The van der Waals surface area contributed by atoms with E-state index in [1.165, 1.54) is 16.9 Å². The number of fused-ring (bicyclic) bond motifs is 2. The Morgan fingerprint density at radius 3 is 2.48 bits per heavy atom. The lowest BCUT2D eigenvalue weighted by Crippen LogP contribution is -2.45. The van der Waals surface area contributed by atoms with Gasteiger partial charge in [0.1, 0.15) is 5.69 Å². The fraction of sp³-hybridized carbons (Fsp3) is 0.240. The number of anilines is 1. The molecular formula is C25H22FN5O2. The maximum atomic E-state index is 15.3. The molecule has 2 fully saturated rings. The standard InChI is InChI=1S/C25H22FN5O2/c26-21-14-18(30-19-6-7-20(30)16-33-15-19)8-9-22(21)29-13-11-24(32)25(28-29)23-10-12-27-31(23)17-4-2-1-3-5-17/h1-5,8-14,19-20H,6-7,15-16H2. The van der Waals surface area contributed by atoms with Crippen molar-refractivity contribution >= 4 is 5.69 Å². The van der Waals surface area contributed by atoms with Crippen molar-refractivity contribution in [2.75, 3.05) is 18.1 Å². The van der Waals surface area contributed by atoms with E-state index >= 15 is 4.39 Å². The summed E-state index contributed by atoms with van der Waals surface area (Å²) in [5, 5.41) is 8.83. The van der Waals surface area contributed by atoms with Crippen LogP contribution in [0.15, 0.2) is 77.9 Å². The number of para-hydroxylation sites is 1. The Morgan fingerprint density at radius 1 is 0.939 bits per heavy atom. The number of benzene rings is 2. The summed E-state index contributed by atoms with van der Waals surface area (Å²) in [6.07, 6.45) is 5.24. The third-order valence-corrected chi connectivity index (χ3v) is 6.41. The predicted molar refractivity (Wildman–Crippen MR) is 122 cm³/mol. The second-order valence-electron chi connectivity index (χ2n) is 8.40. The molecule has 0 aliphatic carbocycles. The first kappa shape index (κ1) is 19.9. The summed E-state index contributed by atoms with van der Waals surface area (Å²) in [4.78, 5) is 15.0. The monoisotopic (exact) mass is 443 g/mol. The van der Waals surface area contributed by atoms with E-state index in [1.54, 1.807) is 29.1 Å². The van der Waals surface area contributed by atoms with Crippen molar-refractivity contribution in [3.8, 4) is 22.8 Å². The second-order valence-corrected chi connectivity index (χ2v) is 8.40. The average Bonchev–Trinajstić information content (AvgIpc) is 3.42. The quantitative estimate of drug-likeness (QED) is 0.482. The molecule has 6 rings (SSSR count). The summed E-state index contributed by atoms with van der Waals surface area (Å²) in [6, 6.07) is 18.4. The van der Waals surface area contributed by atoms with E-state index in [4.69, 9.17) is 4.74 Å². The van der Waals surface area contributed by atoms with Crippen molar-refractivity contribution in [3.63, 3.8) is 0 Å².